The van der Waals surface area contributed by atoms with Gasteiger partial charge in [0.2, 0.25) is 0 Å². The number of hydrogen-bond donors (Lipinski definition) is 1. The predicted molar refractivity (Wildman–Crippen MR) is 79.6 cm³/mol. The van der Waals surface area contributed by atoms with Gasteiger partial charge in [-0.05, 0) is 25.3 Å². The number of carbonyl (C=O) groups is 1. The minimum atomic E-state index is -0.535. The van der Waals surface area contributed by atoms with Gasteiger partial charge in [0.05, 0.1) is 7.11 Å². The lowest BCUT2D eigenvalue weighted by Crippen LogP contribution is -2.59. The van der Waals surface area contributed by atoms with Crippen LogP contribution < -0.4 is 5.32 Å². The Kier molecular flexibility index (Phi) is 5.15. The second-order valence-corrected chi connectivity index (χ2v) is 5.49. The van der Waals surface area contributed by atoms with Crippen molar-refractivity contribution in [2.24, 2.45) is 0 Å². The van der Waals surface area contributed by atoms with Crippen LogP contribution in [0, 0.1) is 0 Å². The molecule has 0 saturated carbocycles. The summed E-state index contributed by atoms with van der Waals surface area (Å²) < 4.78 is 5.06. The van der Waals surface area contributed by atoms with E-state index in [2.05, 4.69) is 22.3 Å². The van der Waals surface area contributed by atoms with E-state index in [1.165, 1.54) is 12.7 Å². The third-order valence-electron chi connectivity index (χ3n) is 4.18. The molecule has 0 aromatic heterocycles. The minimum absolute atomic E-state index is 0.129. The molecule has 0 aliphatic carbocycles. The first-order valence-corrected chi connectivity index (χ1v) is 7.25. The molecule has 0 radical (unpaired) electrons. The molecule has 4 heteroatoms. The van der Waals surface area contributed by atoms with Crippen molar-refractivity contribution in [2.75, 3.05) is 33.3 Å². The number of aryl methyl sites for hydroxylation is 1. The highest BCUT2D eigenvalue weighted by Crippen LogP contribution is 2.24. The van der Waals surface area contributed by atoms with E-state index < -0.39 is 5.54 Å². The van der Waals surface area contributed by atoms with Crippen LogP contribution in [-0.4, -0.2) is 49.7 Å². The number of piperazine rings is 1. The summed E-state index contributed by atoms with van der Waals surface area (Å²) in [5.41, 5.74) is 0.727. The molecule has 0 spiro atoms. The normalized spacial score (nSPS) is 19.3. The van der Waals surface area contributed by atoms with Crippen LogP contribution in [0.5, 0.6) is 0 Å². The van der Waals surface area contributed by atoms with Crippen LogP contribution in [0.1, 0.15) is 18.9 Å². The van der Waals surface area contributed by atoms with Gasteiger partial charge in [-0.3, -0.25) is 9.69 Å². The Bertz CT molecular complexity index is 429. The zero-order valence-corrected chi connectivity index (χ0v) is 12.4. The second-order valence-electron chi connectivity index (χ2n) is 5.49. The molecule has 1 aromatic carbocycles. The van der Waals surface area contributed by atoms with E-state index in [4.69, 9.17) is 4.74 Å². The van der Waals surface area contributed by atoms with Crippen molar-refractivity contribution >= 4 is 5.97 Å². The zero-order chi connectivity index (χ0) is 14.4. The summed E-state index contributed by atoms with van der Waals surface area (Å²) in [6.07, 6.45) is 1.67. The highest BCUT2D eigenvalue weighted by molar-refractivity contribution is 5.80. The Morgan fingerprint density at radius 1 is 1.30 bits per heavy atom. The standard InChI is InChI=1S/C16H24N2O2/c1-16(15(19)20-2,18-12-10-17-11-13-18)9-8-14-6-4-3-5-7-14/h3-7,17H,8-13H2,1-2H3. The van der Waals surface area contributed by atoms with Gasteiger partial charge in [0.15, 0.2) is 0 Å². The number of hydrogen-bond acceptors (Lipinski definition) is 4. The van der Waals surface area contributed by atoms with Crippen molar-refractivity contribution < 1.29 is 9.53 Å². The molecule has 4 nitrogen and oxygen atoms in total. The maximum atomic E-state index is 12.3. The molecule has 1 unspecified atom stereocenters. The Balaban J connectivity index is 2.08. The Morgan fingerprint density at radius 3 is 2.55 bits per heavy atom. The number of ether oxygens (including phenoxy) is 1. The van der Waals surface area contributed by atoms with Gasteiger partial charge in [-0.1, -0.05) is 30.3 Å². The molecule has 1 aliphatic rings. The molecule has 1 N–H and O–H groups in total. The maximum absolute atomic E-state index is 12.3. The number of benzene rings is 1. The molecule has 1 heterocycles. The highest BCUT2D eigenvalue weighted by Gasteiger charge is 2.40. The monoisotopic (exact) mass is 276 g/mol. The molecule has 1 saturated heterocycles. The summed E-state index contributed by atoms with van der Waals surface area (Å²) in [6.45, 7) is 5.64. The van der Waals surface area contributed by atoms with Gasteiger partial charge in [0.1, 0.15) is 5.54 Å². The first kappa shape index (κ1) is 15.0. The Hall–Kier alpha value is -1.39. The van der Waals surface area contributed by atoms with Gasteiger partial charge in [0.25, 0.3) is 0 Å². The molecule has 20 heavy (non-hydrogen) atoms. The van der Waals surface area contributed by atoms with E-state index in [0.717, 1.165) is 39.0 Å². The van der Waals surface area contributed by atoms with Crippen molar-refractivity contribution in [3.8, 4) is 0 Å². The van der Waals surface area contributed by atoms with Crippen molar-refractivity contribution in [1.29, 1.82) is 0 Å². The first-order valence-electron chi connectivity index (χ1n) is 7.25. The molecular formula is C16H24N2O2. The molecule has 1 aliphatic heterocycles. The lowest BCUT2D eigenvalue weighted by molar-refractivity contribution is -0.155. The number of rotatable bonds is 5. The Labute approximate surface area is 121 Å². The van der Waals surface area contributed by atoms with E-state index >= 15 is 0 Å². The highest BCUT2D eigenvalue weighted by atomic mass is 16.5. The van der Waals surface area contributed by atoms with Crippen LogP contribution in [0.25, 0.3) is 0 Å². The maximum Gasteiger partial charge on any atom is 0.326 e. The quantitative estimate of drug-likeness (QED) is 0.827. The average Bonchev–Trinajstić information content (AvgIpc) is 2.53. The van der Waals surface area contributed by atoms with Crippen molar-refractivity contribution in [3.63, 3.8) is 0 Å². The van der Waals surface area contributed by atoms with Crippen molar-refractivity contribution in [3.05, 3.63) is 35.9 Å². The van der Waals surface area contributed by atoms with Crippen LogP contribution >= 0.6 is 0 Å². The fourth-order valence-corrected chi connectivity index (χ4v) is 2.80. The fourth-order valence-electron chi connectivity index (χ4n) is 2.80. The third kappa shape index (κ3) is 3.38. The summed E-state index contributed by atoms with van der Waals surface area (Å²) >= 11 is 0. The van der Waals surface area contributed by atoms with E-state index in [9.17, 15) is 4.79 Å². The number of carbonyl (C=O) groups excluding carboxylic acids is 1. The van der Waals surface area contributed by atoms with Gasteiger partial charge in [0, 0.05) is 26.2 Å². The third-order valence-corrected chi connectivity index (χ3v) is 4.18. The fraction of sp³-hybridized carbons (Fsp3) is 0.562. The van der Waals surface area contributed by atoms with Crippen LogP contribution in [-0.2, 0) is 16.0 Å². The number of nitrogens with one attached hydrogen (secondary N) is 1. The van der Waals surface area contributed by atoms with Crippen molar-refractivity contribution in [2.45, 2.75) is 25.3 Å². The number of nitrogens with zero attached hydrogens (tertiary/aromatic N) is 1. The molecule has 2 rings (SSSR count). The van der Waals surface area contributed by atoms with Gasteiger partial charge in [-0.25, -0.2) is 0 Å². The molecule has 0 amide bonds. The summed E-state index contributed by atoms with van der Waals surface area (Å²) in [6, 6.07) is 10.3. The summed E-state index contributed by atoms with van der Waals surface area (Å²) in [5, 5.41) is 3.32. The van der Waals surface area contributed by atoms with Gasteiger partial charge < -0.3 is 10.1 Å². The molecule has 1 fully saturated rings. The van der Waals surface area contributed by atoms with Crippen LogP contribution in [0.3, 0.4) is 0 Å². The SMILES string of the molecule is COC(=O)C(C)(CCc1ccccc1)N1CCNCC1. The lowest BCUT2D eigenvalue weighted by atomic mass is 9.90. The second kappa shape index (κ2) is 6.86. The lowest BCUT2D eigenvalue weighted by Gasteiger charge is -2.41. The van der Waals surface area contributed by atoms with E-state index in [1.807, 2.05) is 25.1 Å². The number of methoxy groups -OCH3 is 1. The molecular weight excluding hydrogens is 252 g/mol. The molecule has 1 atom stereocenters. The van der Waals surface area contributed by atoms with Gasteiger partial charge in [-0.15, -0.1) is 0 Å². The van der Waals surface area contributed by atoms with E-state index in [1.54, 1.807) is 0 Å². The van der Waals surface area contributed by atoms with E-state index in [-0.39, 0.29) is 5.97 Å². The van der Waals surface area contributed by atoms with Crippen LogP contribution in [0.4, 0.5) is 0 Å². The smallest absolute Gasteiger partial charge is 0.326 e. The zero-order valence-electron chi connectivity index (χ0n) is 12.4. The van der Waals surface area contributed by atoms with Gasteiger partial charge >= 0.3 is 5.97 Å². The molecule has 1 aromatic rings. The van der Waals surface area contributed by atoms with Crippen molar-refractivity contribution in [1.82, 2.24) is 10.2 Å². The number of esters is 1. The molecule has 0 bridgehead atoms. The molecule has 110 valence electrons. The predicted octanol–water partition coefficient (Wildman–Crippen LogP) is 1.46. The largest absolute Gasteiger partial charge is 0.468 e. The van der Waals surface area contributed by atoms with Crippen LogP contribution in [0.2, 0.25) is 0 Å². The Morgan fingerprint density at radius 2 is 1.95 bits per heavy atom. The first-order chi connectivity index (χ1) is 9.66. The minimum Gasteiger partial charge on any atom is -0.468 e. The summed E-state index contributed by atoms with van der Waals surface area (Å²) in [5.74, 6) is -0.129. The van der Waals surface area contributed by atoms with E-state index in [0.29, 0.717) is 0 Å². The average molecular weight is 276 g/mol. The summed E-state index contributed by atoms with van der Waals surface area (Å²) in [4.78, 5) is 14.5. The summed E-state index contributed by atoms with van der Waals surface area (Å²) in [7, 11) is 1.48. The topological polar surface area (TPSA) is 41.6 Å². The van der Waals surface area contributed by atoms with Gasteiger partial charge in [-0.2, -0.15) is 0 Å². The van der Waals surface area contributed by atoms with Crippen LogP contribution in [0.15, 0.2) is 30.3 Å².